The summed E-state index contributed by atoms with van der Waals surface area (Å²) in [6.45, 7) is 0. The molecule has 0 spiro atoms. The first-order chi connectivity index (χ1) is 6.52. The van der Waals surface area contributed by atoms with Crippen molar-refractivity contribution in [3.05, 3.63) is 39.8 Å². The predicted octanol–water partition coefficient (Wildman–Crippen LogP) is -1.36. The summed E-state index contributed by atoms with van der Waals surface area (Å²) in [7, 11) is 0. The van der Waals surface area contributed by atoms with Crippen LogP contribution in [-0.2, 0) is 0 Å². The Morgan fingerprint density at radius 2 is 1.86 bits per heavy atom. The number of nitrogens with zero attached hydrogens (tertiary/aromatic N) is 1. The van der Waals surface area contributed by atoms with E-state index >= 15 is 0 Å². The molecule has 14 heavy (non-hydrogen) atoms. The highest BCUT2D eigenvalue weighted by atomic mass is 16.2. The minimum absolute atomic E-state index is 0.271. The van der Waals surface area contributed by atoms with E-state index in [1.165, 1.54) is 0 Å². The molecule has 1 rings (SSSR count). The van der Waals surface area contributed by atoms with E-state index < -0.39 is 17.2 Å². The first kappa shape index (κ1) is 9.85. The molecule has 0 bridgehead atoms. The van der Waals surface area contributed by atoms with E-state index in [1.807, 2.05) is 0 Å². The van der Waals surface area contributed by atoms with Crippen molar-refractivity contribution in [2.75, 3.05) is 0 Å². The molecule has 0 aliphatic carbocycles. The van der Waals surface area contributed by atoms with Crippen LogP contribution in [0.3, 0.4) is 0 Å². The molecule has 0 aromatic carbocycles. The van der Waals surface area contributed by atoms with Gasteiger partial charge in [-0.25, -0.2) is 0 Å². The van der Waals surface area contributed by atoms with Crippen LogP contribution in [0.1, 0.15) is 20.8 Å². The van der Waals surface area contributed by atoms with Gasteiger partial charge >= 0.3 is 0 Å². The second-order valence-corrected chi connectivity index (χ2v) is 2.48. The van der Waals surface area contributed by atoms with Crippen LogP contribution in [0.2, 0.25) is 0 Å². The lowest BCUT2D eigenvalue weighted by Gasteiger charge is -1.95. The van der Waals surface area contributed by atoms with Gasteiger partial charge < -0.3 is 11.5 Å². The summed E-state index contributed by atoms with van der Waals surface area (Å²) >= 11 is 0. The second-order valence-electron chi connectivity index (χ2n) is 2.48. The fraction of sp³-hybridized carbons (Fsp3) is 0. The van der Waals surface area contributed by atoms with Crippen molar-refractivity contribution in [3.8, 4) is 0 Å². The van der Waals surface area contributed by atoms with Gasteiger partial charge in [0.25, 0.3) is 11.8 Å². The van der Waals surface area contributed by atoms with Crippen LogP contribution in [0.5, 0.6) is 0 Å². The van der Waals surface area contributed by atoms with E-state index in [4.69, 9.17) is 11.5 Å². The number of rotatable bonds is 2. The number of primary amides is 2. The summed E-state index contributed by atoms with van der Waals surface area (Å²) in [5.74, 6) is -1.82. The van der Waals surface area contributed by atoms with Gasteiger partial charge in [0.15, 0.2) is 5.43 Å². The first-order valence-electron chi connectivity index (χ1n) is 3.62. The Balaban J connectivity index is 3.59. The topological polar surface area (TPSA) is 116 Å². The number of nitrogens with two attached hydrogens (primary N) is 2. The van der Waals surface area contributed by atoms with Crippen molar-refractivity contribution in [1.82, 2.24) is 4.98 Å². The molecule has 0 saturated heterocycles. The van der Waals surface area contributed by atoms with Gasteiger partial charge in [-0.15, -0.1) is 0 Å². The monoisotopic (exact) mass is 193 g/mol. The van der Waals surface area contributed by atoms with Gasteiger partial charge in [-0.05, 0) is 0 Å². The number of hydrogen-bond donors (Lipinski definition) is 2. The number of carbonyl (C=O) groups excluding carboxylic acids is 2. The van der Waals surface area contributed by atoms with Gasteiger partial charge in [0.05, 0.1) is 5.56 Å². The maximum absolute atomic E-state index is 11.0. The third-order valence-corrected chi connectivity index (χ3v) is 1.48. The largest absolute Gasteiger partial charge is 0.366 e. The standard InChI is InChI=1S/C8H7N3O3/c9-7(13)5-3-4(12)1-2-11-6(5)8(10)14/h1-3H,(H2,9,13)(H2,10,14). The molecule has 0 atom stereocenters. The van der Waals surface area contributed by atoms with Gasteiger partial charge in [-0.3, -0.25) is 19.4 Å². The van der Waals surface area contributed by atoms with Gasteiger partial charge in [0.2, 0.25) is 0 Å². The number of hydrogen-bond acceptors (Lipinski definition) is 4. The van der Waals surface area contributed by atoms with E-state index in [-0.39, 0.29) is 11.3 Å². The van der Waals surface area contributed by atoms with Crippen LogP contribution in [0, 0.1) is 0 Å². The lowest BCUT2D eigenvalue weighted by molar-refractivity contribution is 0.0964. The second kappa shape index (κ2) is 3.65. The molecule has 6 heteroatoms. The molecule has 1 heterocycles. The molecule has 0 fully saturated rings. The highest BCUT2D eigenvalue weighted by Crippen LogP contribution is 1.99. The Labute approximate surface area is 78.6 Å². The van der Waals surface area contributed by atoms with E-state index in [0.29, 0.717) is 0 Å². The number of aromatic nitrogens is 1. The fourth-order valence-electron chi connectivity index (χ4n) is 0.898. The average molecular weight is 193 g/mol. The third kappa shape index (κ3) is 1.92. The molecule has 4 N–H and O–H groups in total. The molecular weight excluding hydrogens is 186 g/mol. The van der Waals surface area contributed by atoms with Gasteiger partial charge in [0.1, 0.15) is 5.69 Å². The zero-order valence-corrected chi connectivity index (χ0v) is 7.06. The minimum atomic E-state index is -0.917. The third-order valence-electron chi connectivity index (χ3n) is 1.48. The highest BCUT2D eigenvalue weighted by molar-refractivity contribution is 6.04. The maximum atomic E-state index is 11.0. The van der Waals surface area contributed by atoms with E-state index in [0.717, 1.165) is 18.3 Å². The van der Waals surface area contributed by atoms with Gasteiger partial charge in [-0.1, -0.05) is 0 Å². The van der Waals surface area contributed by atoms with Crippen molar-refractivity contribution >= 4 is 11.8 Å². The molecular formula is C8H7N3O3. The molecule has 0 aliphatic rings. The van der Waals surface area contributed by atoms with Crippen molar-refractivity contribution in [1.29, 1.82) is 0 Å². The van der Waals surface area contributed by atoms with Crippen molar-refractivity contribution < 1.29 is 9.59 Å². The van der Waals surface area contributed by atoms with Crippen molar-refractivity contribution in [3.63, 3.8) is 0 Å². The summed E-state index contributed by atoms with van der Waals surface area (Å²) in [4.78, 5) is 36.2. The van der Waals surface area contributed by atoms with Crippen molar-refractivity contribution in [2.45, 2.75) is 0 Å². The van der Waals surface area contributed by atoms with Crippen LogP contribution >= 0.6 is 0 Å². The number of carbonyl (C=O) groups is 2. The molecule has 1 aromatic heterocycles. The lowest BCUT2D eigenvalue weighted by Crippen LogP contribution is -2.21. The Morgan fingerprint density at radius 1 is 1.21 bits per heavy atom. The van der Waals surface area contributed by atoms with E-state index in [9.17, 15) is 14.4 Å². The molecule has 0 radical (unpaired) electrons. The molecule has 0 unspecified atom stereocenters. The van der Waals surface area contributed by atoms with Crippen LogP contribution < -0.4 is 16.9 Å². The number of amides is 2. The zero-order valence-electron chi connectivity index (χ0n) is 7.06. The minimum Gasteiger partial charge on any atom is -0.366 e. The zero-order chi connectivity index (χ0) is 10.7. The summed E-state index contributed by atoms with van der Waals surface area (Å²) in [5, 5.41) is 0. The normalized spacial score (nSPS) is 9.43. The van der Waals surface area contributed by atoms with Gasteiger partial charge in [0, 0.05) is 18.3 Å². The molecule has 0 saturated carbocycles. The van der Waals surface area contributed by atoms with Crippen molar-refractivity contribution in [2.24, 2.45) is 11.5 Å². The molecule has 72 valence electrons. The van der Waals surface area contributed by atoms with E-state index in [2.05, 4.69) is 4.98 Å². The SMILES string of the molecule is NC(=O)c1cc(=O)ccnc1C(N)=O. The Kier molecular flexibility index (Phi) is 2.57. The Morgan fingerprint density at radius 3 is 2.36 bits per heavy atom. The lowest BCUT2D eigenvalue weighted by atomic mass is 10.2. The smallest absolute Gasteiger partial charge is 0.268 e. The maximum Gasteiger partial charge on any atom is 0.268 e. The molecule has 0 aliphatic heterocycles. The predicted molar refractivity (Wildman–Crippen MR) is 47.5 cm³/mol. The summed E-state index contributed by atoms with van der Waals surface area (Å²) in [6.07, 6.45) is 1.09. The summed E-state index contributed by atoms with van der Waals surface area (Å²) in [6, 6.07) is 2.02. The van der Waals surface area contributed by atoms with Crippen LogP contribution in [0.4, 0.5) is 0 Å². The molecule has 6 nitrogen and oxygen atoms in total. The highest BCUT2D eigenvalue weighted by Gasteiger charge is 2.13. The average Bonchev–Trinajstić information content (AvgIpc) is 2.26. The Bertz CT molecular complexity index is 456. The van der Waals surface area contributed by atoms with Gasteiger partial charge in [-0.2, -0.15) is 0 Å². The fourth-order valence-corrected chi connectivity index (χ4v) is 0.898. The summed E-state index contributed by atoms with van der Waals surface area (Å²) in [5.41, 5.74) is 8.85. The Hall–Kier alpha value is -2.24. The molecule has 1 aromatic rings. The van der Waals surface area contributed by atoms with E-state index in [1.54, 1.807) is 0 Å². The molecule has 2 amide bonds. The van der Waals surface area contributed by atoms with Crippen LogP contribution in [0.25, 0.3) is 0 Å². The summed E-state index contributed by atoms with van der Waals surface area (Å²) < 4.78 is 0. The quantitative estimate of drug-likeness (QED) is 0.603. The van der Waals surface area contributed by atoms with Crippen LogP contribution in [-0.4, -0.2) is 16.8 Å². The first-order valence-corrected chi connectivity index (χ1v) is 3.62. The van der Waals surface area contributed by atoms with Crippen LogP contribution in [0.15, 0.2) is 23.1 Å².